The van der Waals surface area contributed by atoms with E-state index in [9.17, 15) is 0 Å². The topological polar surface area (TPSA) is 62.2 Å². The van der Waals surface area contributed by atoms with Crippen molar-refractivity contribution >= 4 is 17.2 Å². The molecule has 1 aliphatic heterocycles. The molecule has 0 unspecified atom stereocenters. The maximum Gasteiger partial charge on any atom is 0.128 e. The van der Waals surface area contributed by atoms with Gasteiger partial charge in [0, 0.05) is 24.5 Å². The van der Waals surface area contributed by atoms with Gasteiger partial charge in [-0.15, -0.1) is 0 Å². The molecule has 0 amide bonds. The van der Waals surface area contributed by atoms with Gasteiger partial charge in [-0.05, 0) is 25.0 Å². The molecule has 1 aromatic carbocycles. The number of aromatic nitrogens is 2. The van der Waals surface area contributed by atoms with Crippen molar-refractivity contribution in [2.45, 2.75) is 44.2 Å². The zero-order valence-electron chi connectivity index (χ0n) is 13.1. The van der Waals surface area contributed by atoms with E-state index in [-0.39, 0.29) is 5.54 Å². The molecule has 0 bridgehead atoms. The maximum absolute atomic E-state index is 4.94. The predicted octanol–water partition coefficient (Wildman–Crippen LogP) is 3.42. The van der Waals surface area contributed by atoms with Gasteiger partial charge in [-0.1, -0.05) is 31.4 Å². The first-order chi connectivity index (χ1) is 11.4. The Labute approximate surface area is 136 Å². The molecule has 1 aromatic heterocycles. The number of nitrogens with zero attached hydrogens (tertiary/aromatic N) is 3. The molecule has 1 saturated carbocycles. The van der Waals surface area contributed by atoms with Crippen molar-refractivity contribution in [1.82, 2.24) is 15.3 Å². The number of nitrogens with one attached hydrogen (secondary N) is 2. The van der Waals surface area contributed by atoms with Crippen LogP contribution in [-0.2, 0) is 6.54 Å². The summed E-state index contributed by atoms with van der Waals surface area (Å²) in [6, 6.07) is 8.28. The summed E-state index contributed by atoms with van der Waals surface area (Å²) in [7, 11) is 0. The van der Waals surface area contributed by atoms with E-state index in [1.165, 1.54) is 19.3 Å². The van der Waals surface area contributed by atoms with Gasteiger partial charge in [0.2, 0.25) is 0 Å². The molecular weight excluding hydrogens is 286 g/mol. The summed E-state index contributed by atoms with van der Waals surface area (Å²) in [6.45, 7) is 0.700. The minimum atomic E-state index is -0.0533. The first kappa shape index (κ1) is 14.2. The van der Waals surface area contributed by atoms with Gasteiger partial charge in [0.25, 0.3) is 0 Å². The number of para-hydroxylation sites is 2. The zero-order chi connectivity index (χ0) is 15.5. The van der Waals surface area contributed by atoms with Crippen molar-refractivity contribution in [3.63, 3.8) is 0 Å². The highest BCUT2D eigenvalue weighted by Gasteiger charge is 2.40. The summed E-state index contributed by atoms with van der Waals surface area (Å²) in [5.41, 5.74) is 3.17. The molecule has 5 heteroatoms. The van der Waals surface area contributed by atoms with Crippen molar-refractivity contribution in [3.05, 3.63) is 48.5 Å². The van der Waals surface area contributed by atoms with E-state index in [4.69, 9.17) is 4.99 Å². The minimum Gasteiger partial charge on any atom is -0.371 e. The van der Waals surface area contributed by atoms with Crippen molar-refractivity contribution in [2.24, 2.45) is 4.99 Å². The van der Waals surface area contributed by atoms with Crippen LogP contribution in [0.15, 0.2) is 48.0 Å². The quantitative estimate of drug-likeness (QED) is 0.892. The summed E-state index contributed by atoms with van der Waals surface area (Å²) < 4.78 is 0. The lowest BCUT2D eigenvalue weighted by atomic mass is 9.79. The molecule has 2 aromatic rings. The molecule has 2 heterocycles. The Kier molecular flexibility index (Phi) is 3.69. The Morgan fingerprint density at radius 2 is 1.83 bits per heavy atom. The third-order valence-electron chi connectivity index (χ3n) is 4.74. The van der Waals surface area contributed by atoms with Crippen LogP contribution < -0.4 is 10.6 Å². The Balaban J connectivity index is 1.63. The van der Waals surface area contributed by atoms with E-state index in [1.807, 2.05) is 18.5 Å². The monoisotopic (exact) mass is 307 g/mol. The standard InChI is InChI=1S/C18H21N5/c1-4-8-18(9-5-1)17(21-12-14-10-19-13-20-11-14)22-15-6-2-3-7-16(15)23-18/h2-3,6-7,10-11,13,23H,1,4-5,8-9,12H2,(H,21,22). The molecule has 2 aliphatic rings. The molecule has 1 fully saturated rings. The van der Waals surface area contributed by atoms with Crippen LogP contribution in [0.5, 0.6) is 0 Å². The molecule has 2 N–H and O–H groups in total. The lowest BCUT2D eigenvalue weighted by Crippen LogP contribution is -2.54. The molecule has 0 atom stereocenters. The Morgan fingerprint density at radius 1 is 1.04 bits per heavy atom. The smallest absolute Gasteiger partial charge is 0.128 e. The highest BCUT2D eigenvalue weighted by Crippen LogP contribution is 2.40. The fourth-order valence-corrected chi connectivity index (χ4v) is 3.55. The lowest BCUT2D eigenvalue weighted by Gasteiger charge is -2.42. The minimum absolute atomic E-state index is 0.0533. The third kappa shape index (κ3) is 2.79. The molecule has 1 aliphatic carbocycles. The first-order valence-electron chi connectivity index (χ1n) is 8.30. The number of fused-ring (bicyclic) bond motifs is 1. The van der Waals surface area contributed by atoms with E-state index in [0.717, 1.165) is 35.6 Å². The SMILES string of the molecule is c1ccc2c(c1)N=C(NCc1cncnc1)C1(CCCCC1)N2. The van der Waals surface area contributed by atoms with Crippen LogP contribution in [0.3, 0.4) is 0 Å². The van der Waals surface area contributed by atoms with Gasteiger partial charge in [0.15, 0.2) is 0 Å². The number of hydrogen-bond acceptors (Lipinski definition) is 5. The average molecular weight is 307 g/mol. The Morgan fingerprint density at radius 3 is 2.65 bits per heavy atom. The number of hydrogen-bond donors (Lipinski definition) is 2. The van der Waals surface area contributed by atoms with Crippen LogP contribution in [-0.4, -0.2) is 21.3 Å². The van der Waals surface area contributed by atoms with Crippen LogP contribution in [0.4, 0.5) is 11.4 Å². The molecule has 5 nitrogen and oxygen atoms in total. The summed E-state index contributed by atoms with van der Waals surface area (Å²) in [6.07, 6.45) is 11.3. The van der Waals surface area contributed by atoms with Crippen molar-refractivity contribution in [3.8, 4) is 0 Å². The predicted molar refractivity (Wildman–Crippen MR) is 91.8 cm³/mol. The Bertz CT molecular complexity index is 704. The van der Waals surface area contributed by atoms with E-state index in [2.05, 4.69) is 38.8 Å². The molecule has 0 saturated heterocycles. The second-order valence-electron chi connectivity index (χ2n) is 6.35. The largest absolute Gasteiger partial charge is 0.371 e. The van der Waals surface area contributed by atoms with E-state index in [1.54, 1.807) is 6.33 Å². The molecule has 0 radical (unpaired) electrons. The number of amidine groups is 1. The van der Waals surface area contributed by atoms with Gasteiger partial charge in [0.1, 0.15) is 12.2 Å². The van der Waals surface area contributed by atoms with Crippen LogP contribution in [0, 0.1) is 0 Å². The van der Waals surface area contributed by atoms with E-state index >= 15 is 0 Å². The van der Waals surface area contributed by atoms with Crippen LogP contribution in [0.1, 0.15) is 37.7 Å². The average Bonchev–Trinajstić information content (AvgIpc) is 2.61. The highest BCUT2D eigenvalue weighted by molar-refractivity contribution is 6.00. The summed E-state index contributed by atoms with van der Waals surface area (Å²) in [5, 5.41) is 7.32. The van der Waals surface area contributed by atoms with Crippen LogP contribution in [0.2, 0.25) is 0 Å². The van der Waals surface area contributed by atoms with Crippen molar-refractivity contribution in [1.29, 1.82) is 0 Å². The number of benzene rings is 1. The van der Waals surface area contributed by atoms with Gasteiger partial charge in [-0.3, -0.25) is 0 Å². The van der Waals surface area contributed by atoms with E-state index in [0.29, 0.717) is 6.54 Å². The summed E-state index contributed by atoms with van der Waals surface area (Å²) in [5.74, 6) is 1.06. The molecule has 23 heavy (non-hydrogen) atoms. The molecule has 4 rings (SSSR count). The van der Waals surface area contributed by atoms with Crippen molar-refractivity contribution < 1.29 is 0 Å². The first-order valence-corrected chi connectivity index (χ1v) is 8.30. The second-order valence-corrected chi connectivity index (χ2v) is 6.35. The summed E-state index contributed by atoms with van der Waals surface area (Å²) in [4.78, 5) is 13.1. The summed E-state index contributed by atoms with van der Waals surface area (Å²) >= 11 is 0. The maximum atomic E-state index is 4.94. The lowest BCUT2D eigenvalue weighted by molar-refractivity contribution is 0.396. The van der Waals surface area contributed by atoms with Crippen LogP contribution >= 0.6 is 0 Å². The normalized spacial score (nSPS) is 18.7. The van der Waals surface area contributed by atoms with Crippen molar-refractivity contribution in [2.75, 3.05) is 5.32 Å². The number of rotatable bonds is 2. The van der Waals surface area contributed by atoms with E-state index < -0.39 is 0 Å². The number of aliphatic imine (C=N–C) groups is 1. The third-order valence-corrected chi connectivity index (χ3v) is 4.74. The van der Waals surface area contributed by atoms with Gasteiger partial charge >= 0.3 is 0 Å². The van der Waals surface area contributed by atoms with Gasteiger partial charge < -0.3 is 10.6 Å². The highest BCUT2D eigenvalue weighted by atomic mass is 15.2. The Hall–Kier alpha value is -2.43. The molecular formula is C18H21N5. The molecule has 1 spiro atoms. The number of anilines is 1. The van der Waals surface area contributed by atoms with Crippen LogP contribution in [0.25, 0.3) is 0 Å². The van der Waals surface area contributed by atoms with Gasteiger partial charge in [-0.25, -0.2) is 15.0 Å². The van der Waals surface area contributed by atoms with Gasteiger partial charge in [0.05, 0.1) is 16.9 Å². The zero-order valence-corrected chi connectivity index (χ0v) is 13.1. The fraction of sp³-hybridized carbons (Fsp3) is 0.389. The fourth-order valence-electron chi connectivity index (χ4n) is 3.55. The second kappa shape index (κ2) is 5.99. The molecule has 118 valence electrons. The van der Waals surface area contributed by atoms with Gasteiger partial charge in [-0.2, -0.15) is 0 Å².